The lowest BCUT2D eigenvalue weighted by molar-refractivity contribution is -0.782. The van der Waals surface area contributed by atoms with Gasteiger partial charge in [-0.2, -0.15) is 0 Å². The monoisotopic (exact) mass is 428 g/mol. The maximum Gasteiger partial charge on any atom is 0.249 e. The van der Waals surface area contributed by atoms with Crippen LogP contribution in [0.25, 0.3) is 22.1 Å². The number of aromatic nitrogens is 4. The first-order valence-electron chi connectivity index (χ1n) is 5.84. The molecule has 22 heavy (non-hydrogen) atoms. The molecule has 0 aliphatic carbocycles. The van der Waals surface area contributed by atoms with Crippen molar-refractivity contribution in [1.29, 1.82) is 0 Å². The van der Waals surface area contributed by atoms with E-state index in [-0.39, 0.29) is 0 Å². The van der Waals surface area contributed by atoms with Gasteiger partial charge in [0.05, 0.1) is 0 Å². The van der Waals surface area contributed by atoms with Gasteiger partial charge in [0.1, 0.15) is 0 Å². The predicted octanol–water partition coefficient (Wildman–Crippen LogP) is 2.45. The highest BCUT2D eigenvalue weighted by molar-refractivity contribution is 9.10. The molecule has 0 aliphatic rings. The van der Waals surface area contributed by atoms with Crippen molar-refractivity contribution in [2.24, 2.45) is 0 Å². The smallest absolute Gasteiger partial charge is 0.249 e. The largest absolute Gasteiger partial charge is 0.359 e. The number of benzene rings is 2. The van der Waals surface area contributed by atoms with Crippen LogP contribution >= 0.6 is 31.9 Å². The molecule has 2 aromatic carbocycles. The number of nitrogens with zero attached hydrogens (tertiary/aromatic N) is 4. The zero-order valence-corrected chi connectivity index (χ0v) is 13.8. The fourth-order valence-electron chi connectivity index (χ4n) is 1.69. The third-order valence-corrected chi connectivity index (χ3v) is 3.68. The first-order valence-corrected chi connectivity index (χ1v) is 7.43. The molecule has 0 saturated carbocycles. The molecule has 0 radical (unpaired) electrons. The van der Waals surface area contributed by atoms with E-state index in [0.29, 0.717) is 31.9 Å². The maximum atomic E-state index is 10.8. The topological polar surface area (TPSA) is 106 Å². The van der Waals surface area contributed by atoms with Gasteiger partial charge in [0.15, 0.2) is 0 Å². The Morgan fingerprint density at radius 1 is 0.773 bits per heavy atom. The van der Waals surface area contributed by atoms with Crippen LogP contribution in [0.2, 0.25) is 0 Å². The van der Waals surface area contributed by atoms with Gasteiger partial charge in [-0.3, -0.25) is 9.26 Å². The summed E-state index contributed by atoms with van der Waals surface area (Å²) in [5, 5.41) is 28.6. The quantitative estimate of drug-likeness (QED) is 0.397. The van der Waals surface area contributed by atoms with Crippen LogP contribution in [0.1, 0.15) is 0 Å². The summed E-state index contributed by atoms with van der Waals surface area (Å²) in [6.45, 7) is 0. The van der Waals surface area contributed by atoms with Gasteiger partial charge >= 0.3 is 0 Å². The highest BCUT2D eigenvalue weighted by Crippen LogP contribution is 2.15. The van der Waals surface area contributed by atoms with Crippen LogP contribution in [-0.2, 0) is 0 Å². The average Bonchev–Trinajstić information content (AvgIpc) is 3.04. The van der Waals surface area contributed by atoms with Crippen molar-refractivity contribution in [3.05, 3.63) is 55.8 Å². The van der Waals surface area contributed by atoms with Gasteiger partial charge in [0, 0.05) is 31.4 Å². The second-order valence-corrected chi connectivity index (χ2v) is 5.96. The second-order valence-electron chi connectivity index (χ2n) is 4.13. The van der Waals surface area contributed by atoms with Crippen molar-refractivity contribution in [1.82, 2.24) is 10.3 Å². The van der Waals surface area contributed by atoms with E-state index in [2.05, 4.69) is 51.4 Å². The molecular weight excluding hydrogens is 424 g/mol. The Morgan fingerprint density at radius 3 is 2.14 bits per heavy atom. The first kappa shape index (κ1) is 14.7. The Hall–Kier alpha value is -2.20. The van der Waals surface area contributed by atoms with Crippen LogP contribution in [0.5, 0.6) is 0 Å². The molecule has 2 aromatic heterocycles. The highest BCUT2D eigenvalue weighted by Gasteiger charge is 2.08. The standard InChI is InChI=1S/2C6H3BrN2O2/c7-4-1-2-6-5(3-4)8-11-9(6)10;7-4-1-2-5-6(3-4)9(10)11-8-5/h2*1-3H. The molecule has 10 heteroatoms. The Kier molecular flexibility index (Phi) is 3.94. The summed E-state index contributed by atoms with van der Waals surface area (Å²) in [5.74, 6) is 0. The molecule has 0 atom stereocenters. The molecule has 2 heterocycles. The van der Waals surface area contributed by atoms with Crippen molar-refractivity contribution in [2.75, 3.05) is 0 Å². The summed E-state index contributed by atoms with van der Waals surface area (Å²) in [4.78, 5) is 0.752. The number of hydrogen-bond donors (Lipinski definition) is 0. The van der Waals surface area contributed by atoms with Crippen molar-refractivity contribution < 1.29 is 19.1 Å². The van der Waals surface area contributed by atoms with Crippen LogP contribution < -0.4 is 9.81 Å². The molecule has 0 unspecified atom stereocenters. The predicted molar refractivity (Wildman–Crippen MR) is 81.3 cm³/mol. The van der Waals surface area contributed by atoms with Crippen LogP contribution in [-0.4, -0.2) is 10.3 Å². The van der Waals surface area contributed by atoms with E-state index in [1.54, 1.807) is 36.4 Å². The van der Waals surface area contributed by atoms with Crippen molar-refractivity contribution in [3.63, 3.8) is 0 Å². The Bertz CT molecular complexity index is 953. The zero-order chi connectivity index (χ0) is 15.7. The molecule has 8 nitrogen and oxygen atoms in total. The summed E-state index contributed by atoms with van der Waals surface area (Å²) in [6.07, 6.45) is 0. The third kappa shape index (κ3) is 2.88. The fourth-order valence-corrected chi connectivity index (χ4v) is 2.39. The minimum Gasteiger partial charge on any atom is -0.359 e. The Labute approximate surface area is 139 Å². The molecule has 0 fully saturated rings. The normalized spacial score (nSPS) is 10.6. The lowest BCUT2D eigenvalue weighted by Crippen LogP contribution is -2.22. The average molecular weight is 430 g/mol. The van der Waals surface area contributed by atoms with Gasteiger partial charge in [-0.1, -0.05) is 31.9 Å². The van der Waals surface area contributed by atoms with E-state index in [1.807, 2.05) is 0 Å². The molecule has 112 valence electrons. The minimum absolute atomic E-state index is 0.375. The molecule has 0 aliphatic heterocycles. The molecule has 0 bridgehead atoms. The minimum atomic E-state index is 0.375. The van der Waals surface area contributed by atoms with Crippen LogP contribution in [0.3, 0.4) is 0 Å². The van der Waals surface area contributed by atoms with E-state index in [9.17, 15) is 10.4 Å². The van der Waals surface area contributed by atoms with E-state index >= 15 is 0 Å². The maximum absolute atomic E-state index is 10.8. The number of hydrogen-bond acceptors (Lipinski definition) is 6. The highest BCUT2D eigenvalue weighted by atomic mass is 79.9. The molecule has 4 rings (SSSR count). The Balaban J connectivity index is 0.000000131. The molecule has 0 amide bonds. The summed E-state index contributed by atoms with van der Waals surface area (Å²) < 4.78 is 10.4. The molecule has 4 aromatic rings. The van der Waals surface area contributed by atoms with E-state index < -0.39 is 0 Å². The van der Waals surface area contributed by atoms with Gasteiger partial charge in [0.2, 0.25) is 22.1 Å². The fraction of sp³-hybridized carbons (Fsp3) is 0. The first-order chi connectivity index (χ1) is 10.5. The van der Waals surface area contributed by atoms with Crippen molar-refractivity contribution in [3.8, 4) is 0 Å². The van der Waals surface area contributed by atoms with Gasteiger partial charge < -0.3 is 10.4 Å². The van der Waals surface area contributed by atoms with Gasteiger partial charge in [-0.25, -0.2) is 0 Å². The van der Waals surface area contributed by atoms with Crippen LogP contribution in [0.4, 0.5) is 0 Å². The van der Waals surface area contributed by atoms with Crippen LogP contribution in [0.15, 0.2) is 54.6 Å². The van der Waals surface area contributed by atoms with Gasteiger partial charge in [-0.15, -0.1) is 0 Å². The molecule has 0 spiro atoms. The summed E-state index contributed by atoms with van der Waals surface area (Å²) >= 11 is 6.48. The van der Waals surface area contributed by atoms with E-state index in [0.717, 1.165) is 8.95 Å². The zero-order valence-electron chi connectivity index (χ0n) is 10.6. The SMILES string of the molecule is [O-][n+]1onc2cc(Br)ccc21.[O-][n+]1onc2ccc(Br)cc21. The number of halogens is 2. The van der Waals surface area contributed by atoms with E-state index in [4.69, 9.17) is 0 Å². The Morgan fingerprint density at radius 2 is 1.36 bits per heavy atom. The van der Waals surface area contributed by atoms with Crippen molar-refractivity contribution >= 4 is 53.9 Å². The van der Waals surface area contributed by atoms with Crippen LogP contribution in [0, 0.1) is 10.4 Å². The van der Waals surface area contributed by atoms with Crippen molar-refractivity contribution in [2.45, 2.75) is 0 Å². The lowest BCUT2D eigenvalue weighted by Gasteiger charge is -1.86. The molecular formula is C12H6Br2N4O4. The third-order valence-electron chi connectivity index (χ3n) is 2.69. The van der Waals surface area contributed by atoms with Gasteiger partial charge in [-0.05, 0) is 34.1 Å². The summed E-state index contributed by atoms with van der Waals surface area (Å²) in [6, 6.07) is 10.3. The summed E-state index contributed by atoms with van der Waals surface area (Å²) in [7, 11) is 0. The molecule has 0 N–H and O–H groups in total. The summed E-state index contributed by atoms with van der Waals surface area (Å²) in [5.41, 5.74) is 1.98. The second kappa shape index (κ2) is 5.89. The van der Waals surface area contributed by atoms with E-state index in [1.165, 1.54) is 0 Å². The number of rotatable bonds is 0. The van der Waals surface area contributed by atoms with Gasteiger partial charge in [0.25, 0.3) is 0 Å². The molecule has 0 saturated heterocycles. The number of fused-ring (bicyclic) bond motifs is 2. The lowest BCUT2D eigenvalue weighted by atomic mass is 10.3.